The van der Waals surface area contributed by atoms with E-state index < -0.39 is 0 Å². The molecule has 1 aromatic heterocycles. The SMILES string of the molecule is CCC(CC)c1nnc(NC(=O)COc2cccc(Cl)c2)s1. The Balaban J connectivity index is 1.87. The highest BCUT2D eigenvalue weighted by Gasteiger charge is 2.14. The summed E-state index contributed by atoms with van der Waals surface area (Å²) in [5.41, 5.74) is 0. The smallest absolute Gasteiger partial charge is 0.264 e. The summed E-state index contributed by atoms with van der Waals surface area (Å²) in [6.45, 7) is 4.14. The second-order valence-electron chi connectivity index (χ2n) is 4.75. The molecule has 0 aliphatic carbocycles. The molecule has 0 spiro atoms. The highest BCUT2D eigenvalue weighted by atomic mass is 35.5. The van der Waals surface area contributed by atoms with E-state index in [1.54, 1.807) is 24.3 Å². The predicted molar refractivity (Wildman–Crippen MR) is 88.8 cm³/mol. The van der Waals surface area contributed by atoms with Crippen LogP contribution < -0.4 is 10.1 Å². The molecule has 0 saturated heterocycles. The van der Waals surface area contributed by atoms with Gasteiger partial charge in [-0.25, -0.2) is 0 Å². The van der Waals surface area contributed by atoms with Gasteiger partial charge in [0.15, 0.2) is 6.61 Å². The maximum atomic E-state index is 11.9. The summed E-state index contributed by atoms with van der Waals surface area (Å²) in [7, 11) is 0. The van der Waals surface area contributed by atoms with Crippen LogP contribution in [0, 0.1) is 0 Å². The van der Waals surface area contributed by atoms with Gasteiger partial charge in [-0.2, -0.15) is 0 Å². The fraction of sp³-hybridized carbons (Fsp3) is 0.400. The second-order valence-corrected chi connectivity index (χ2v) is 6.20. The van der Waals surface area contributed by atoms with Gasteiger partial charge in [0.2, 0.25) is 5.13 Å². The van der Waals surface area contributed by atoms with Crippen LogP contribution in [0.1, 0.15) is 37.6 Å². The number of amides is 1. The van der Waals surface area contributed by atoms with Gasteiger partial charge in [-0.1, -0.05) is 42.9 Å². The number of benzene rings is 1. The van der Waals surface area contributed by atoms with Crippen LogP contribution >= 0.6 is 22.9 Å². The Morgan fingerprint density at radius 2 is 2.14 bits per heavy atom. The minimum atomic E-state index is -0.271. The van der Waals surface area contributed by atoms with Crippen LogP contribution in [0.4, 0.5) is 5.13 Å². The molecule has 0 atom stereocenters. The molecule has 1 heterocycles. The second kappa shape index (κ2) is 8.10. The predicted octanol–water partition coefficient (Wildman–Crippen LogP) is 4.11. The van der Waals surface area contributed by atoms with Crippen molar-refractivity contribution in [2.75, 3.05) is 11.9 Å². The third-order valence-corrected chi connectivity index (χ3v) is 4.42. The van der Waals surface area contributed by atoms with Crippen molar-refractivity contribution < 1.29 is 9.53 Å². The van der Waals surface area contributed by atoms with E-state index >= 15 is 0 Å². The summed E-state index contributed by atoms with van der Waals surface area (Å²) in [5.74, 6) is 0.677. The fourth-order valence-corrected chi connectivity index (χ4v) is 3.16. The first-order chi connectivity index (χ1) is 10.6. The molecule has 0 saturated carbocycles. The number of anilines is 1. The molecule has 0 unspecified atom stereocenters. The summed E-state index contributed by atoms with van der Waals surface area (Å²) in [6, 6.07) is 6.91. The quantitative estimate of drug-likeness (QED) is 0.824. The van der Waals surface area contributed by atoms with E-state index in [1.807, 2.05) is 0 Å². The molecule has 7 heteroatoms. The minimum Gasteiger partial charge on any atom is -0.484 e. The maximum Gasteiger partial charge on any atom is 0.264 e. The summed E-state index contributed by atoms with van der Waals surface area (Å²) in [4.78, 5) is 11.9. The first kappa shape index (κ1) is 16.7. The van der Waals surface area contributed by atoms with E-state index in [1.165, 1.54) is 11.3 Å². The molecule has 0 aliphatic rings. The van der Waals surface area contributed by atoms with Crippen molar-refractivity contribution in [3.8, 4) is 5.75 Å². The molecule has 1 N–H and O–H groups in total. The van der Waals surface area contributed by atoms with Crippen LogP contribution in [0.2, 0.25) is 5.02 Å². The lowest BCUT2D eigenvalue weighted by atomic mass is 10.1. The number of hydrogen-bond acceptors (Lipinski definition) is 5. The Labute approximate surface area is 138 Å². The summed E-state index contributed by atoms with van der Waals surface area (Å²) in [5, 5.41) is 12.9. The van der Waals surface area contributed by atoms with Gasteiger partial charge in [0.05, 0.1) is 0 Å². The Hall–Kier alpha value is -1.66. The number of nitrogens with one attached hydrogen (secondary N) is 1. The van der Waals surface area contributed by atoms with Gasteiger partial charge >= 0.3 is 0 Å². The van der Waals surface area contributed by atoms with Crippen LogP contribution in [-0.4, -0.2) is 22.7 Å². The van der Waals surface area contributed by atoms with Crippen LogP contribution in [0.3, 0.4) is 0 Å². The highest BCUT2D eigenvalue weighted by molar-refractivity contribution is 7.15. The van der Waals surface area contributed by atoms with Gasteiger partial charge in [0.25, 0.3) is 5.91 Å². The molecule has 0 bridgehead atoms. The molecule has 2 aromatic rings. The Morgan fingerprint density at radius 3 is 2.82 bits per heavy atom. The standard InChI is InChI=1S/C15H18ClN3O2S/c1-3-10(4-2)14-18-19-15(22-14)17-13(20)9-21-12-7-5-6-11(16)8-12/h5-8,10H,3-4,9H2,1-2H3,(H,17,19,20). The van der Waals surface area contributed by atoms with Crippen molar-refractivity contribution in [2.24, 2.45) is 0 Å². The van der Waals surface area contributed by atoms with Crippen molar-refractivity contribution in [1.82, 2.24) is 10.2 Å². The Morgan fingerprint density at radius 1 is 1.36 bits per heavy atom. The minimum absolute atomic E-state index is 0.0970. The molecule has 2 rings (SSSR count). The van der Waals surface area contributed by atoms with Crippen molar-refractivity contribution in [3.05, 3.63) is 34.3 Å². The first-order valence-electron chi connectivity index (χ1n) is 7.14. The fourth-order valence-electron chi connectivity index (χ4n) is 1.95. The van der Waals surface area contributed by atoms with Crippen molar-refractivity contribution >= 4 is 34.0 Å². The van der Waals surface area contributed by atoms with Crippen LogP contribution in [0.25, 0.3) is 0 Å². The average Bonchev–Trinajstić information content (AvgIpc) is 2.95. The summed E-state index contributed by atoms with van der Waals surface area (Å²) in [6.07, 6.45) is 2.02. The molecule has 22 heavy (non-hydrogen) atoms. The zero-order chi connectivity index (χ0) is 15.9. The van der Waals surface area contributed by atoms with Gasteiger partial charge in [0.1, 0.15) is 10.8 Å². The number of halogens is 1. The van der Waals surface area contributed by atoms with Crippen LogP contribution in [-0.2, 0) is 4.79 Å². The number of ether oxygens (including phenoxy) is 1. The topological polar surface area (TPSA) is 64.1 Å². The van der Waals surface area contributed by atoms with Gasteiger partial charge in [0, 0.05) is 10.9 Å². The lowest BCUT2D eigenvalue weighted by Gasteiger charge is -2.06. The zero-order valence-corrected chi connectivity index (χ0v) is 14.1. The lowest BCUT2D eigenvalue weighted by molar-refractivity contribution is -0.118. The third kappa shape index (κ3) is 4.68. The lowest BCUT2D eigenvalue weighted by Crippen LogP contribution is -2.20. The van der Waals surface area contributed by atoms with Crippen LogP contribution in [0.15, 0.2) is 24.3 Å². The molecule has 0 fully saturated rings. The summed E-state index contributed by atoms with van der Waals surface area (Å²) >= 11 is 7.26. The Bertz CT molecular complexity index is 629. The van der Waals surface area contributed by atoms with Gasteiger partial charge in [-0.3, -0.25) is 10.1 Å². The molecule has 1 amide bonds. The van der Waals surface area contributed by atoms with E-state index in [0.717, 1.165) is 17.8 Å². The van der Waals surface area contributed by atoms with E-state index in [9.17, 15) is 4.79 Å². The number of carbonyl (C=O) groups is 1. The van der Waals surface area contributed by atoms with Gasteiger partial charge in [-0.05, 0) is 31.0 Å². The molecular formula is C15H18ClN3O2S. The van der Waals surface area contributed by atoms with Crippen molar-refractivity contribution in [2.45, 2.75) is 32.6 Å². The van der Waals surface area contributed by atoms with Crippen molar-refractivity contribution in [3.63, 3.8) is 0 Å². The van der Waals surface area contributed by atoms with E-state index in [2.05, 4.69) is 29.4 Å². The molecule has 1 aromatic carbocycles. The van der Waals surface area contributed by atoms with E-state index in [4.69, 9.17) is 16.3 Å². The van der Waals surface area contributed by atoms with E-state index in [0.29, 0.717) is 21.8 Å². The number of aromatic nitrogens is 2. The monoisotopic (exact) mass is 339 g/mol. The van der Waals surface area contributed by atoms with Gasteiger partial charge in [-0.15, -0.1) is 10.2 Å². The summed E-state index contributed by atoms with van der Waals surface area (Å²) < 4.78 is 5.38. The number of carbonyl (C=O) groups excluding carboxylic acids is 1. The largest absolute Gasteiger partial charge is 0.484 e. The zero-order valence-electron chi connectivity index (χ0n) is 12.5. The molecule has 0 radical (unpaired) electrons. The normalized spacial score (nSPS) is 10.7. The maximum absolute atomic E-state index is 11.9. The average molecular weight is 340 g/mol. The Kier molecular flexibility index (Phi) is 6.15. The van der Waals surface area contributed by atoms with Crippen molar-refractivity contribution in [1.29, 1.82) is 0 Å². The number of rotatable bonds is 7. The molecule has 5 nitrogen and oxygen atoms in total. The van der Waals surface area contributed by atoms with Gasteiger partial charge < -0.3 is 4.74 Å². The first-order valence-corrected chi connectivity index (χ1v) is 8.33. The molecular weight excluding hydrogens is 322 g/mol. The number of hydrogen-bond donors (Lipinski definition) is 1. The number of nitrogens with zero attached hydrogens (tertiary/aromatic N) is 2. The molecule has 0 aliphatic heterocycles. The highest BCUT2D eigenvalue weighted by Crippen LogP contribution is 2.28. The molecule has 118 valence electrons. The van der Waals surface area contributed by atoms with E-state index in [-0.39, 0.29) is 12.5 Å². The third-order valence-electron chi connectivity index (χ3n) is 3.19. The van der Waals surface area contributed by atoms with Crippen LogP contribution in [0.5, 0.6) is 5.75 Å².